The van der Waals surface area contributed by atoms with E-state index in [1.807, 2.05) is 60.2 Å². The number of nitrogens with zero attached hydrogens (tertiary/aromatic N) is 1. The number of carbonyl (C=O) groups is 2. The second-order valence-corrected chi connectivity index (χ2v) is 7.53. The van der Waals surface area contributed by atoms with Crippen molar-refractivity contribution in [3.8, 4) is 17.2 Å². The molecule has 0 fully saturated rings. The van der Waals surface area contributed by atoms with Crippen molar-refractivity contribution in [3.05, 3.63) is 63.6 Å². The van der Waals surface area contributed by atoms with Crippen molar-refractivity contribution in [2.45, 2.75) is 20.3 Å². The Hall–Kier alpha value is -3.06. The van der Waals surface area contributed by atoms with Crippen molar-refractivity contribution in [1.29, 1.82) is 0 Å². The van der Waals surface area contributed by atoms with Crippen LogP contribution in [0.3, 0.4) is 0 Å². The molecule has 0 unspecified atom stereocenters. The quantitative estimate of drug-likeness (QED) is 0.467. The Morgan fingerprint density at radius 2 is 1.96 bits per heavy atom. The molecule has 1 aromatic carbocycles. The number of hydrogen-bond donors (Lipinski definition) is 0. The van der Waals surface area contributed by atoms with E-state index in [2.05, 4.69) is 0 Å². The zero-order chi connectivity index (χ0) is 19.7. The van der Waals surface area contributed by atoms with Crippen LogP contribution < -0.4 is 9.47 Å². The molecule has 0 saturated heterocycles. The summed E-state index contributed by atoms with van der Waals surface area (Å²) in [6, 6.07) is 11.2. The average molecular weight is 397 g/mol. The van der Waals surface area contributed by atoms with Gasteiger partial charge in [-0.15, -0.1) is 11.3 Å². The van der Waals surface area contributed by atoms with Gasteiger partial charge in [0.15, 0.2) is 18.1 Å². The number of esters is 1. The molecule has 28 heavy (non-hydrogen) atoms. The van der Waals surface area contributed by atoms with Crippen molar-refractivity contribution in [2.24, 2.45) is 0 Å². The molecule has 3 heterocycles. The highest BCUT2D eigenvalue weighted by Gasteiger charge is 2.20. The monoisotopic (exact) mass is 397 g/mol. The highest BCUT2D eigenvalue weighted by molar-refractivity contribution is 7.10. The van der Waals surface area contributed by atoms with Gasteiger partial charge < -0.3 is 18.8 Å². The van der Waals surface area contributed by atoms with E-state index >= 15 is 0 Å². The minimum atomic E-state index is -0.402. The van der Waals surface area contributed by atoms with E-state index in [1.165, 1.54) is 11.3 Å². The lowest BCUT2D eigenvalue weighted by Gasteiger charge is -2.11. The number of aromatic nitrogens is 1. The molecule has 0 spiro atoms. The first kappa shape index (κ1) is 18.3. The number of benzene rings is 1. The number of rotatable bonds is 6. The Kier molecular flexibility index (Phi) is 4.92. The first-order valence-corrected chi connectivity index (χ1v) is 9.71. The minimum absolute atomic E-state index is 0.182. The Balaban J connectivity index is 1.49. The molecule has 0 radical (unpaired) electrons. The van der Waals surface area contributed by atoms with Crippen LogP contribution in [0.1, 0.15) is 26.6 Å². The molecule has 0 bridgehead atoms. The maximum absolute atomic E-state index is 12.6. The van der Waals surface area contributed by atoms with Crippen LogP contribution in [0.15, 0.2) is 41.8 Å². The molecule has 7 heteroatoms. The average Bonchev–Trinajstić information content (AvgIpc) is 3.40. The number of ketones is 1. The molecular formula is C21H19NO5S. The highest BCUT2D eigenvalue weighted by atomic mass is 32.1. The van der Waals surface area contributed by atoms with Gasteiger partial charge >= 0.3 is 5.97 Å². The summed E-state index contributed by atoms with van der Waals surface area (Å²) in [4.78, 5) is 25.5. The molecule has 2 aromatic heterocycles. The van der Waals surface area contributed by atoms with Crippen LogP contribution >= 0.6 is 11.3 Å². The first-order chi connectivity index (χ1) is 13.5. The smallest absolute Gasteiger partial charge is 0.311 e. The largest absolute Gasteiger partial charge is 0.457 e. The van der Waals surface area contributed by atoms with E-state index in [1.54, 1.807) is 0 Å². The standard InChI is InChI=1S/C21H19NO5S/c1-13-8-17(18(23)11-25-21(24)10-16-4-3-7-28-16)14(2)22(13)15-5-6-19-20(9-15)27-12-26-19/h3-9H,10-12H2,1-2H3. The molecule has 0 saturated carbocycles. The van der Waals surface area contributed by atoms with E-state index in [9.17, 15) is 9.59 Å². The predicted molar refractivity (Wildman–Crippen MR) is 105 cm³/mol. The van der Waals surface area contributed by atoms with Crippen LogP contribution in [0, 0.1) is 13.8 Å². The zero-order valence-corrected chi connectivity index (χ0v) is 16.4. The number of carbonyl (C=O) groups excluding carboxylic acids is 2. The number of hydrogen-bond acceptors (Lipinski definition) is 6. The lowest BCUT2D eigenvalue weighted by atomic mass is 10.1. The molecular weight excluding hydrogens is 378 g/mol. The Morgan fingerprint density at radius 1 is 1.14 bits per heavy atom. The third-order valence-electron chi connectivity index (χ3n) is 4.61. The van der Waals surface area contributed by atoms with Crippen molar-refractivity contribution in [1.82, 2.24) is 4.57 Å². The Labute approximate surface area is 166 Å². The SMILES string of the molecule is Cc1cc(C(=O)COC(=O)Cc2cccs2)c(C)n1-c1ccc2c(c1)OCO2. The van der Waals surface area contributed by atoms with Crippen molar-refractivity contribution in [2.75, 3.05) is 13.4 Å². The summed E-state index contributed by atoms with van der Waals surface area (Å²) in [5, 5.41) is 1.90. The van der Waals surface area contributed by atoms with Crippen molar-refractivity contribution < 1.29 is 23.8 Å². The van der Waals surface area contributed by atoms with Gasteiger partial charge in [0.2, 0.25) is 12.6 Å². The molecule has 0 aliphatic carbocycles. The number of aryl methyl sites for hydroxylation is 1. The third kappa shape index (κ3) is 3.53. The molecule has 144 valence electrons. The summed E-state index contributed by atoms with van der Waals surface area (Å²) in [6.07, 6.45) is 0.182. The highest BCUT2D eigenvalue weighted by Crippen LogP contribution is 2.34. The third-order valence-corrected chi connectivity index (χ3v) is 5.49. The van der Waals surface area contributed by atoms with Gasteiger partial charge in [-0.25, -0.2) is 0 Å². The lowest BCUT2D eigenvalue weighted by molar-refractivity contribution is -0.141. The van der Waals surface area contributed by atoms with Gasteiger partial charge in [-0.1, -0.05) is 6.07 Å². The summed E-state index contributed by atoms with van der Waals surface area (Å²) >= 11 is 1.49. The van der Waals surface area contributed by atoms with Crippen molar-refractivity contribution in [3.63, 3.8) is 0 Å². The van der Waals surface area contributed by atoms with Gasteiger partial charge in [0.05, 0.1) is 6.42 Å². The zero-order valence-electron chi connectivity index (χ0n) is 15.6. The molecule has 3 aromatic rings. The van der Waals surface area contributed by atoms with E-state index in [0.29, 0.717) is 17.1 Å². The van der Waals surface area contributed by atoms with E-state index in [-0.39, 0.29) is 25.6 Å². The fourth-order valence-corrected chi connectivity index (χ4v) is 3.99. The van der Waals surface area contributed by atoms with Gasteiger partial charge in [-0.05, 0) is 43.5 Å². The molecule has 1 aliphatic heterocycles. The number of fused-ring (bicyclic) bond motifs is 1. The van der Waals surface area contributed by atoms with Crippen LogP contribution in [0.2, 0.25) is 0 Å². The molecule has 4 rings (SSSR count). The van der Waals surface area contributed by atoms with E-state index < -0.39 is 5.97 Å². The van der Waals surface area contributed by atoms with E-state index in [4.69, 9.17) is 14.2 Å². The topological polar surface area (TPSA) is 66.8 Å². The fraction of sp³-hybridized carbons (Fsp3) is 0.238. The van der Waals surface area contributed by atoms with Crippen LogP contribution in [-0.4, -0.2) is 29.7 Å². The van der Waals surface area contributed by atoms with Crippen LogP contribution in [-0.2, 0) is 16.0 Å². The summed E-state index contributed by atoms with van der Waals surface area (Å²) < 4.78 is 17.9. The van der Waals surface area contributed by atoms with Gasteiger partial charge in [-0.2, -0.15) is 0 Å². The fourth-order valence-electron chi connectivity index (χ4n) is 3.30. The summed E-state index contributed by atoms with van der Waals surface area (Å²) in [5.74, 6) is 0.764. The van der Waals surface area contributed by atoms with E-state index in [0.717, 1.165) is 22.0 Å². The Morgan fingerprint density at radius 3 is 2.75 bits per heavy atom. The first-order valence-electron chi connectivity index (χ1n) is 8.83. The van der Waals surface area contributed by atoms with Gasteiger partial charge in [0.25, 0.3) is 0 Å². The molecule has 0 N–H and O–H groups in total. The number of Topliss-reactive ketones (excluding diaryl/α,β-unsaturated/α-hetero) is 1. The van der Waals surface area contributed by atoms with Crippen LogP contribution in [0.4, 0.5) is 0 Å². The molecule has 1 aliphatic rings. The van der Waals surface area contributed by atoms with Crippen molar-refractivity contribution >= 4 is 23.1 Å². The maximum Gasteiger partial charge on any atom is 0.311 e. The normalized spacial score (nSPS) is 12.2. The van der Waals surface area contributed by atoms with Crippen LogP contribution in [0.25, 0.3) is 5.69 Å². The van der Waals surface area contributed by atoms with Gasteiger partial charge in [-0.3, -0.25) is 9.59 Å². The Bertz CT molecular complexity index is 1040. The molecule has 0 amide bonds. The van der Waals surface area contributed by atoms with Crippen LogP contribution in [0.5, 0.6) is 11.5 Å². The number of ether oxygens (including phenoxy) is 3. The molecule has 6 nitrogen and oxygen atoms in total. The predicted octanol–water partition coefficient (Wildman–Crippen LogP) is 3.85. The summed E-state index contributed by atoms with van der Waals surface area (Å²) in [5.41, 5.74) is 3.12. The second-order valence-electron chi connectivity index (χ2n) is 6.50. The second kappa shape index (κ2) is 7.52. The minimum Gasteiger partial charge on any atom is -0.457 e. The summed E-state index contributed by atoms with van der Waals surface area (Å²) in [6.45, 7) is 3.74. The van der Waals surface area contributed by atoms with Gasteiger partial charge in [0, 0.05) is 33.6 Å². The van der Waals surface area contributed by atoms with Gasteiger partial charge in [0.1, 0.15) is 0 Å². The summed E-state index contributed by atoms with van der Waals surface area (Å²) in [7, 11) is 0. The number of thiophene rings is 1. The lowest BCUT2D eigenvalue weighted by Crippen LogP contribution is -2.16. The maximum atomic E-state index is 12.6. The molecule has 0 atom stereocenters.